The highest BCUT2D eigenvalue weighted by Crippen LogP contribution is 2.30. The van der Waals surface area contributed by atoms with Crippen molar-refractivity contribution in [3.8, 4) is 23.0 Å². The summed E-state index contributed by atoms with van der Waals surface area (Å²) in [5, 5.41) is 0. The van der Waals surface area contributed by atoms with Crippen molar-refractivity contribution in [1.29, 1.82) is 0 Å². The lowest BCUT2D eigenvalue weighted by atomic mass is 9.90. The van der Waals surface area contributed by atoms with Gasteiger partial charge in [-0.05, 0) is 78.4 Å². The van der Waals surface area contributed by atoms with Crippen LogP contribution in [0.1, 0.15) is 30.4 Å². The lowest BCUT2D eigenvalue weighted by Crippen LogP contribution is -2.02. The van der Waals surface area contributed by atoms with E-state index >= 15 is 0 Å². The zero-order chi connectivity index (χ0) is 22.3. The minimum absolute atomic E-state index is 0.428. The average molecular weight is 425 g/mol. The summed E-state index contributed by atoms with van der Waals surface area (Å²) in [4.78, 5) is 0. The van der Waals surface area contributed by atoms with Gasteiger partial charge in [0.05, 0.1) is 0 Å². The van der Waals surface area contributed by atoms with E-state index in [1.807, 2.05) is 72.8 Å². The highest BCUT2D eigenvalue weighted by atomic mass is 16.5. The van der Waals surface area contributed by atoms with Gasteiger partial charge in [-0.25, -0.2) is 0 Å². The molecule has 0 amide bonds. The molecule has 0 spiro atoms. The minimum Gasteiger partial charge on any atom is -0.457 e. The zero-order valence-corrected chi connectivity index (χ0v) is 18.2. The number of benzene rings is 4. The molecule has 0 fully saturated rings. The molecular weight excluding hydrogens is 396 g/mol. The van der Waals surface area contributed by atoms with Gasteiger partial charge in [-0.15, -0.1) is 0 Å². The summed E-state index contributed by atoms with van der Waals surface area (Å²) in [6.45, 7) is 2.22. The van der Waals surface area contributed by atoms with E-state index in [1.54, 1.807) is 0 Å². The summed E-state index contributed by atoms with van der Waals surface area (Å²) in [6, 6.07) is 31.5. The van der Waals surface area contributed by atoms with Crippen molar-refractivity contribution >= 4 is 11.4 Å². The molecule has 4 rings (SSSR count). The summed E-state index contributed by atoms with van der Waals surface area (Å²) in [7, 11) is 0. The second-order valence-corrected chi connectivity index (χ2v) is 7.87. The van der Waals surface area contributed by atoms with Crippen LogP contribution in [0, 0.1) is 0 Å². The Hall–Kier alpha value is -3.92. The minimum atomic E-state index is 0.428. The van der Waals surface area contributed by atoms with Gasteiger partial charge < -0.3 is 20.9 Å². The molecule has 1 unspecified atom stereocenters. The molecule has 4 heteroatoms. The van der Waals surface area contributed by atoms with Gasteiger partial charge in [0.25, 0.3) is 0 Å². The lowest BCUT2D eigenvalue weighted by molar-refractivity contribution is 0.481. The smallest absolute Gasteiger partial charge is 0.129 e. The van der Waals surface area contributed by atoms with Gasteiger partial charge in [0.2, 0.25) is 0 Å². The molecule has 162 valence electrons. The largest absolute Gasteiger partial charge is 0.457 e. The molecule has 0 aromatic heterocycles. The number of anilines is 2. The lowest BCUT2D eigenvalue weighted by Gasteiger charge is -2.17. The highest BCUT2D eigenvalue weighted by molar-refractivity contribution is 5.46. The van der Waals surface area contributed by atoms with Crippen LogP contribution >= 0.6 is 0 Å². The molecule has 0 aliphatic rings. The van der Waals surface area contributed by atoms with Crippen LogP contribution in [0.15, 0.2) is 97.1 Å². The van der Waals surface area contributed by atoms with Crippen LogP contribution in [0.4, 0.5) is 11.4 Å². The summed E-state index contributed by atoms with van der Waals surface area (Å²) in [6.07, 6.45) is 2.02. The summed E-state index contributed by atoms with van der Waals surface area (Å²) < 4.78 is 11.8. The van der Waals surface area contributed by atoms with Crippen molar-refractivity contribution in [3.63, 3.8) is 0 Å². The molecule has 0 aliphatic heterocycles. The van der Waals surface area contributed by atoms with E-state index < -0.39 is 0 Å². The van der Waals surface area contributed by atoms with Crippen molar-refractivity contribution in [2.75, 3.05) is 11.5 Å². The maximum absolute atomic E-state index is 5.91. The molecule has 0 heterocycles. The Bertz CT molecular complexity index is 1150. The maximum atomic E-state index is 5.91. The third kappa shape index (κ3) is 5.61. The van der Waals surface area contributed by atoms with Crippen molar-refractivity contribution < 1.29 is 9.47 Å². The van der Waals surface area contributed by atoms with E-state index in [-0.39, 0.29) is 0 Å². The van der Waals surface area contributed by atoms with Gasteiger partial charge in [-0.3, -0.25) is 0 Å². The van der Waals surface area contributed by atoms with E-state index in [0.29, 0.717) is 17.3 Å². The first-order chi connectivity index (χ1) is 15.6. The second-order valence-electron chi connectivity index (χ2n) is 7.87. The van der Waals surface area contributed by atoms with E-state index in [4.69, 9.17) is 20.9 Å². The summed E-state index contributed by atoms with van der Waals surface area (Å²) in [5.74, 6) is 3.51. The van der Waals surface area contributed by atoms with Gasteiger partial charge in [0.1, 0.15) is 23.0 Å². The van der Waals surface area contributed by atoms with Crippen LogP contribution in [0.2, 0.25) is 0 Å². The van der Waals surface area contributed by atoms with Crippen molar-refractivity contribution in [1.82, 2.24) is 0 Å². The third-order valence-electron chi connectivity index (χ3n) is 5.44. The van der Waals surface area contributed by atoms with Crippen molar-refractivity contribution in [3.05, 3.63) is 108 Å². The Morgan fingerprint density at radius 2 is 1.12 bits per heavy atom. The van der Waals surface area contributed by atoms with Crippen LogP contribution < -0.4 is 20.9 Å². The normalized spacial score (nSPS) is 11.7. The molecule has 32 heavy (non-hydrogen) atoms. The first kappa shape index (κ1) is 21.3. The predicted octanol–water partition coefficient (Wildman–Crippen LogP) is 7.17. The van der Waals surface area contributed by atoms with Crippen molar-refractivity contribution in [2.45, 2.75) is 25.7 Å². The molecule has 0 saturated carbocycles. The monoisotopic (exact) mass is 424 g/mol. The third-order valence-corrected chi connectivity index (χ3v) is 5.44. The number of nitrogens with two attached hydrogens (primary N) is 2. The molecule has 4 aromatic carbocycles. The fourth-order valence-corrected chi connectivity index (χ4v) is 3.71. The molecule has 4 nitrogen and oxygen atoms in total. The molecular formula is C28H28N2O2. The molecule has 0 saturated heterocycles. The molecule has 4 N–H and O–H groups in total. The van der Waals surface area contributed by atoms with Gasteiger partial charge in [-0.2, -0.15) is 0 Å². The quantitative estimate of drug-likeness (QED) is 0.294. The standard InChI is InChI=1S/C28H28N2O2/c1-2-21(22-11-15-26(16-12-22)32-28-8-4-6-24(30)19-28)17-20-9-13-25(14-10-20)31-27-7-3-5-23(29)18-27/h3-16,18-19,21H,2,17,29-30H2,1H3. The summed E-state index contributed by atoms with van der Waals surface area (Å²) in [5.41, 5.74) is 15.6. The van der Waals surface area contributed by atoms with Crippen LogP contribution in [0.3, 0.4) is 0 Å². The van der Waals surface area contributed by atoms with E-state index in [1.165, 1.54) is 11.1 Å². The van der Waals surface area contributed by atoms with E-state index in [0.717, 1.165) is 35.8 Å². The van der Waals surface area contributed by atoms with E-state index in [9.17, 15) is 0 Å². The van der Waals surface area contributed by atoms with Gasteiger partial charge in [0, 0.05) is 23.5 Å². The van der Waals surface area contributed by atoms with Crippen LogP contribution in [-0.2, 0) is 6.42 Å². The molecule has 0 bridgehead atoms. The Labute approximate surface area is 189 Å². The number of hydrogen-bond donors (Lipinski definition) is 2. The Kier molecular flexibility index (Phi) is 6.61. The first-order valence-electron chi connectivity index (χ1n) is 10.8. The van der Waals surface area contributed by atoms with Gasteiger partial charge in [0.15, 0.2) is 0 Å². The molecule has 4 aromatic rings. The predicted molar refractivity (Wildman–Crippen MR) is 131 cm³/mol. The van der Waals surface area contributed by atoms with Crippen LogP contribution in [-0.4, -0.2) is 0 Å². The Balaban J connectivity index is 1.39. The van der Waals surface area contributed by atoms with Crippen LogP contribution in [0.25, 0.3) is 0 Å². The molecule has 0 aliphatic carbocycles. The number of rotatable bonds is 8. The SMILES string of the molecule is CCC(Cc1ccc(Oc2cccc(N)c2)cc1)c1ccc(Oc2cccc(N)c2)cc1. The topological polar surface area (TPSA) is 70.5 Å². The number of ether oxygens (including phenoxy) is 2. The first-order valence-corrected chi connectivity index (χ1v) is 10.8. The molecule has 1 atom stereocenters. The second kappa shape index (κ2) is 9.92. The van der Waals surface area contributed by atoms with Gasteiger partial charge in [-0.1, -0.05) is 43.3 Å². The molecule has 0 radical (unpaired) electrons. The fourth-order valence-electron chi connectivity index (χ4n) is 3.71. The van der Waals surface area contributed by atoms with Crippen molar-refractivity contribution in [2.24, 2.45) is 0 Å². The highest BCUT2D eigenvalue weighted by Gasteiger charge is 2.11. The van der Waals surface area contributed by atoms with E-state index in [2.05, 4.69) is 31.2 Å². The number of hydrogen-bond acceptors (Lipinski definition) is 4. The number of nitrogen functional groups attached to an aromatic ring is 2. The summed E-state index contributed by atoms with van der Waals surface area (Å²) >= 11 is 0. The van der Waals surface area contributed by atoms with Crippen LogP contribution in [0.5, 0.6) is 23.0 Å². The maximum Gasteiger partial charge on any atom is 0.129 e. The Morgan fingerprint density at radius 3 is 1.59 bits per heavy atom. The Morgan fingerprint density at radius 1 is 0.625 bits per heavy atom. The zero-order valence-electron chi connectivity index (χ0n) is 18.2. The average Bonchev–Trinajstić information content (AvgIpc) is 2.79. The van der Waals surface area contributed by atoms with Gasteiger partial charge >= 0.3 is 0 Å². The fraction of sp³-hybridized carbons (Fsp3) is 0.143.